The van der Waals surface area contributed by atoms with Crippen LogP contribution in [0, 0.1) is 5.92 Å². The number of nitrogens with zero attached hydrogens (tertiary/aromatic N) is 3. The first kappa shape index (κ1) is 23.6. The third-order valence-electron chi connectivity index (χ3n) is 6.89. The van der Waals surface area contributed by atoms with Crippen molar-refractivity contribution < 1.29 is 19.1 Å². The molecule has 0 radical (unpaired) electrons. The standard InChI is InChI=1S/C26H30N4O4S/c1-29(26(32)17-4-3-5-17)15-16-6-7-18(24(27)31)19(14-16)25-28-22-21(33-2)9-8-20(23(22)35-25)30-10-12-34-13-11-30/h6-9,14,17H,3-5,10-13,15H2,1-2H3,(H2,27,31). The maximum Gasteiger partial charge on any atom is 0.249 e. The predicted octanol–water partition coefficient (Wildman–Crippen LogP) is 3.67. The highest BCUT2D eigenvalue weighted by Crippen LogP contribution is 2.42. The van der Waals surface area contributed by atoms with E-state index in [9.17, 15) is 9.59 Å². The van der Waals surface area contributed by atoms with Gasteiger partial charge in [0.05, 0.1) is 30.7 Å². The minimum Gasteiger partial charge on any atom is -0.494 e. The lowest BCUT2D eigenvalue weighted by molar-refractivity contribution is -0.137. The molecule has 5 rings (SSSR count). The average molecular weight is 495 g/mol. The number of fused-ring (bicyclic) bond motifs is 1. The highest BCUT2D eigenvalue weighted by atomic mass is 32.1. The summed E-state index contributed by atoms with van der Waals surface area (Å²) in [5, 5.41) is 0.697. The summed E-state index contributed by atoms with van der Waals surface area (Å²) >= 11 is 1.52. The number of thiazole rings is 1. The van der Waals surface area contributed by atoms with E-state index in [1.54, 1.807) is 18.1 Å². The molecule has 3 aromatic rings. The van der Waals surface area contributed by atoms with Crippen molar-refractivity contribution in [2.75, 3.05) is 45.4 Å². The minimum absolute atomic E-state index is 0.139. The molecular formula is C26H30N4O4S. The number of carbonyl (C=O) groups is 2. The Morgan fingerprint density at radius 3 is 2.66 bits per heavy atom. The number of hydrogen-bond acceptors (Lipinski definition) is 7. The Bertz CT molecular complexity index is 1260. The highest BCUT2D eigenvalue weighted by molar-refractivity contribution is 7.22. The van der Waals surface area contributed by atoms with Gasteiger partial charge in [0.25, 0.3) is 0 Å². The van der Waals surface area contributed by atoms with Gasteiger partial charge in [0, 0.05) is 43.7 Å². The summed E-state index contributed by atoms with van der Waals surface area (Å²) in [6, 6.07) is 9.52. The zero-order valence-electron chi connectivity index (χ0n) is 20.1. The average Bonchev–Trinajstić information content (AvgIpc) is 3.28. The topological polar surface area (TPSA) is 98.0 Å². The maximum absolute atomic E-state index is 12.6. The van der Waals surface area contributed by atoms with Crippen molar-refractivity contribution in [1.82, 2.24) is 9.88 Å². The van der Waals surface area contributed by atoms with Gasteiger partial charge < -0.3 is 25.0 Å². The summed E-state index contributed by atoms with van der Waals surface area (Å²) in [7, 11) is 3.46. The van der Waals surface area contributed by atoms with Gasteiger partial charge in [-0.2, -0.15) is 0 Å². The quantitative estimate of drug-likeness (QED) is 0.538. The van der Waals surface area contributed by atoms with Crippen LogP contribution < -0.4 is 15.4 Å². The molecule has 8 nitrogen and oxygen atoms in total. The SMILES string of the molecule is COc1ccc(N2CCOCC2)c2sc(-c3cc(CN(C)C(=O)C4CCC4)ccc3C(N)=O)nc12. The molecular weight excluding hydrogens is 464 g/mol. The lowest BCUT2D eigenvalue weighted by atomic mass is 9.84. The van der Waals surface area contributed by atoms with E-state index in [0.29, 0.717) is 41.6 Å². The van der Waals surface area contributed by atoms with Crippen LogP contribution in [-0.4, -0.2) is 62.2 Å². The third kappa shape index (κ3) is 4.58. The first-order valence-corrected chi connectivity index (χ1v) is 12.8. The minimum atomic E-state index is -0.509. The Hall–Kier alpha value is -3.17. The Labute approximate surface area is 208 Å². The van der Waals surface area contributed by atoms with Crippen molar-refractivity contribution in [3.8, 4) is 16.3 Å². The maximum atomic E-state index is 12.6. The number of ether oxygens (including phenoxy) is 2. The number of carbonyl (C=O) groups excluding carboxylic acids is 2. The monoisotopic (exact) mass is 494 g/mol. The number of methoxy groups -OCH3 is 1. The Morgan fingerprint density at radius 1 is 1.23 bits per heavy atom. The molecule has 35 heavy (non-hydrogen) atoms. The lowest BCUT2D eigenvalue weighted by Crippen LogP contribution is -2.36. The van der Waals surface area contributed by atoms with Crippen molar-refractivity contribution in [2.45, 2.75) is 25.8 Å². The number of hydrogen-bond donors (Lipinski definition) is 1. The molecule has 1 aliphatic heterocycles. The van der Waals surface area contributed by atoms with Crippen LogP contribution in [0.25, 0.3) is 20.8 Å². The Morgan fingerprint density at radius 2 is 2.00 bits per heavy atom. The molecule has 0 atom stereocenters. The van der Waals surface area contributed by atoms with Crippen LogP contribution in [0.1, 0.15) is 35.2 Å². The van der Waals surface area contributed by atoms with E-state index in [0.717, 1.165) is 53.8 Å². The van der Waals surface area contributed by atoms with Gasteiger partial charge in [-0.25, -0.2) is 4.98 Å². The van der Waals surface area contributed by atoms with Crippen LogP contribution in [0.5, 0.6) is 5.75 Å². The Balaban J connectivity index is 1.55. The molecule has 2 N–H and O–H groups in total. The van der Waals surface area contributed by atoms with Crippen LogP contribution in [0.15, 0.2) is 30.3 Å². The number of benzene rings is 2. The fraction of sp³-hybridized carbons (Fsp3) is 0.423. The summed E-state index contributed by atoms with van der Waals surface area (Å²) < 4.78 is 12.1. The normalized spacial score (nSPS) is 16.2. The second-order valence-electron chi connectivity index (χ2n) is 9.15. The summed E-state index contributed by atoms with van der Waals surface area (Å²) in [6.45, 7) is 3.44. The summed E-state index contributed by atoms with van der Waals surface area (Å²) in [5.41, 5.74) is 9.60. The van der Waals surface area contributed by atoms with Gasteiger partial charge in [0.2, 0.25) is 11.8 Å². The number of primary amides is 1. The number of nitrogens with two attached hydrogens (primary N) is 1. The van der Waals surface area contributed by atoms with Gasteiger partial charge in [-0.1, -0.05) is 12.5 Å². The first-order valence-electron chi connectivity index (χ1n) is 11.9. The molecule has 2 amide bonds. The number of morpholine rings is 1. The first-order chi connectivity index (χ1) is 17.0. The molecule has 1 aliphatic carbocycles. The smallest absolute Gasteiger partial charge is 0.249 e. The van der Waals surface area contributed by atoms with Gasteiger partial charge in [0.1, 0.15) is 16.3 Å². The molecule has 1 saturated carbocycles. The number of aromatic nitrogens is 1. The van der Waals surface area contributed by atoms with Gasteiger partial charge in [-0.05, 0) is 42.7 Å². The van der Waals surface area contributed by atoms with Gasteiger partial charge in [-0.15, -0.1) is 11.3 Å². The van der Waals surface area contributed by atoms with E-state index in [4.69, 9.17) is 20.2 Å². The Kier molecular flexibility index (Phi) is 6.62. The van der Waals surface area contributed by atoms with Crippen LogP contribution >= 0.6 is 11.3 Å². The largest absolute Gasteiger partial charge is 0.494 e. The number of amides is 2. The van der Waals surface area contributed by atoms with Gasteiger partial charge >= 0.3 is 0 Å². The van der Waals surface area contributed by atoms with E-state index < -0.39 is 5.91 Å². The van der Waals surface area contributed by atoms with E-state index in [2.05, 4.69) is 11.0 Å². The molecule has 1 aromatic heterocycles. The molecule has 2 heterocycles. The van der Waals surface area contributed by atoms with Crippen molar-refractivity contribution in [3.63, 3.8) is 0 Å². The van der Waals surface area contributed by atoms with Crippen LogP contribution in [0.2, 0.25) is 0 Å². The molecule has 1 saturated heterocycles. The fourth-order valence-electron chi connectivity index (χ4n) is 4.70. The van der Waals surface area contributed by atoms with E-state index in [-0.39, 0.29) is 11.8 Å². The summed E-state index contributed by atoms with van der Waals surface area (Å²) in [5.74, 6) is 0.489. The molecule has 2 aliphatic rings. The van der Waals surface area contributed by atoms with Gasteiger partial charge in [-0.3, -0.25) is 9.59 Å². The van der Waals surface area contributed by atoms with Crippen LogP contribution in [0.4, 0.5) is 5.69 Å². The molecule has 2 fully saturated rings. The zero-order valence-corrected chi connectivity index (χ0v) is 20.9. The van der Waals surface area contributed by atoms with Crippen molar-refractivity contribution in [3.05, 3.63) is 41.5 Å². The molecule has 2 aromatic carbocycles. The highest BCUT2D eigenvalue weighted by Gasteiger charge is 2.28. The second kappa shape index (κ2) is 9.83. The van der Waals surface area contributed by atoms with Crippen molar-refractivity contribution in [2.24, 2.45) is 11.7 Å². The summed E-state index contributed by atoms with van der Waals surface area (Å²) in [4.78, 5) is 33.9. The predicted molar refractivity (Wildman–Crippen MR) is 137 cm³/mol. The number of rotatable bonds is 7. The zero-order chi connectivity index (χ0) is 24.5. The molecule has 0 unspecified atom stereocenters. The van der Waals surface area contributed by atoms with E-state index in [1.807, 2.05) is 25.2 Å². The van der Waals surface area contributed by atoms with E-state index in [1.165, 1.54) is 11.3 Å². The number of anilines is 1. The molecule has 184 valence electrons. The van der Waals surface area contributed by atoms with E-state index >= 15 is 0 Å². The van der Waals surface area contributed by atoms with Crippen LogP contribution in [-0.2, 0) is 16.1 Å². The lowest BCUT2D eigenvalue weighted by Gasteiger charge is -2.29. The van der Waals surface area contributed by atoms with Gasteiger partial charge in [0.15, 0.2) is 0 Å². The third-order valence-corrected chi connectivity index (χ3v) is 8.00. The van der Waals surface area contributed by atoms with Crippen molar-refractivity contribution >= 4 is 39.1 Å². The van der Waals surface area contributed by atoms with Crippen molar-refractivity contribution in [1.29, 1.82) is 0 Å². The second-order valence-corrected chi connectivity index (χ2v) is 10.1. The molecule has 0 spiro atoms. The molecule has 9 heteroatoms. The fourth-order valence-corrected chi connectivity index (χ4v) is 5.86. The van der Waals surface area contributed by atoms with Crippen LogP contribution in [0.3, 0.4) is 0 Å². The summed E-state index contributed by atoms with van der Waals surface area (Å²) in [6.07, 6.45) is 3.05. The molecule has 0 bridgehead atoms.